The Morgan fingerprint density at radius 3 is 2.33 bits per heavy atom. The van der Waals surface area contributed by atoms with Gasteiger partial charge in [-0.05, 0) is 36.7 Å². The Hall–Kier alpha value is -1.26. The lowest BCUT2D eigenvalue weighted by Crippen LogP contribution is -2.50. The summed E-state index contributed by atoms with van der Waals surface area (Å²) >= 11 is 3.23. The molecule has 0 N–H and O–H groups in total. The normalized spacial score (nSPS) is 16.9. The van der Waals surface area contributed by atoms with E-state index in [1.807, 2.05) is 4.90 Å². The van der Waals surface area contributed by atoms with Crippen molar-refractivity contribution in [1.29, 1.82) is 0 Å². The van der Waals surface area contributed by atoms with Crippen molar-refractivity contribution >= 4 is 37.7 Å². The van der Waals surface area contributed by atoms with Gasteiger partial charge in [0.05, 0.1) is 12.4 Å². The zero-order chi connectivity index (χ0) is 18.0. The average Bonchev–Trinajstić information content (AvgIpc) is 2.45. The third kappa shape index (κ3) is 5.38. The molecule has 0 atom stereocenters. The lowest BCUT2D eigenvalue weighted by Gasteiger charge is -2.34. The van der Waals surface area contributed by atoms with Gasteiger partial charge in [0, 0.05) is 26.2 Å². The first-order valence-electron chi connectivity index (χ1n) is 7.49. The number of nitrogens with zero attached hydrogens (tertiary/aromatic N) is 4. The molecule has 0 saturated carbocycles. The molecule has 1 fully saturated rings. The fraction of sp³-hybridized carbons (Fsp3) is 0.643. The largest absolute Gasteiger partial charge is 0.459 e. The van der Waals surface area contributed by atoms with Crippen molar-refractivity contribution in [1.82, 2.24) is 14.3 Å². The summed E-state index contributed by atoms with van der Waals surface area (Å²) in [5, 5.41) is 0. The van der Waals surface area contributed by atoms with Gasteiger partial charge in [-0.1, -0.05) is 0 Å². The molecule has 1 aliphatic heterocycles. The molecule has 1 aromatic rings. The van der Waals surface area contributed by atoms with Crippen molar-refractivity contribution in [2.45, 2.75) is 26.4 Å². The van der Waals surface area contributed by atoms with Crippen LogP contribution >= 0.6 is 15.9 Å². The summed E-state index contributed by atoms with van der Waals surface area (Å²) in [5.41, 5.74) is -0.703. The van der Waals surface area contributed by atoms with Crippen LogP contribution in [-0.2, 0) is 19.6 Å². The number of rotatable bonds is 4. The summed E-state index contributed by atoms with van der Waals surface area (Å²) < 4.78 is 31.7. The molecule has 24 heavy (non-hydrogen) atoms. The van der Waals surface area contributed by atoms with Crippen LogP contribution in [0.2, 0.25) is 0 Å². The molecule has 2 rings (SSSR count). The van der Waals surface area contributed by atoms with Crippen LogP contribution in [0.3, 0.4) is 0 Å². The summed E-state index contributed by atoms with van der Waals surface area (Å²) in [7, 11) is -3.68. The smallest absolute Gasteiger partial charge is 0.323 e. The number of anilines is 1. The maximum atomic E-state index is 12.3. The van der Waals surface area contributed by atoms with Gasteiger partial charge in [0.15, 0.2) is 5.75 Å². The molecule has 2 heterocycles. The lowest BCUT2D eigenvalue weighted by atomic mass is 10.2. The lowest BCUT2D eigenvalue weighted by molar-refractivity contribution is -0.151. The van der Waals surface area contributed by atoms with Crippen LogP contribution in [0.5, 0.6) is 0 Å². The van der Waals surface area contributed by atoms with Gasteiger partial charge in [-0.25, -0.2) is 18.4 Å². The summed E-state index contributed by atoms with van der Waals surface area (Å²) in [5.74, 6) is -0.673. The minimum absolute atomic E-state index is 0.295. The molecule has 0 bridgehead atoms. The van der Waals surface area contributed by atoms with E-state index in [0.717, 1.165) is 0 Å². The highest BCUT2D eigenvalue weighted by Gasteiger charge is 2.31. The SMILES string of the molecule is CC(C)(C)OC(=O)CS(=O)(=O)N1CCN(c2cnc(Br)cn2)CC1. The van der Waals surface area contributed by atoms with E-state index in [-0.39, 0.29) is 0 Å². The maximum Gasteiger partial charge on any atom is 0.323 e. The standard InChI is InChI=1S/C14H21BrN4O4S/c1-14(2,3)23-13(20)10-24(21,22)19-6-4-18(5-7-19)12-9-16-11(15)8-17-12/h8-9H,4-7,10H2,1-3H3. The molecule has 1 aromatic heterocycles. The molecular weight excluding hydrogens is 400 g/mol. The molecule has 1 saturated heterocycles. The molecule has 0 amide bonds. The number of carbonyl (C=O) groups excluding carboxylic acids is 1. The van der Waals surface area contributed by atoms with Gasteiger partial charge in [-0.15, -0.1) is 0 Å². The first-order valence-corrected chi connectivity index (χ1v) is 9.89. The molecule has 0 radical (unpaired) electrons. The number of ether oxygens (including phenoxy) is 1. The van der Waals surface area contributed by atoms with Gasteiger partial charge in [0.25, 0.3) is 0 Å². The van der Waals surface area contributed by atoms with Crippen LogP contribution < -0.4 is 4.90 Å². The molecule has 0 unspecified atom stereocenters. The number of sulfonamides is 1. The Labute approximate surface area is 150 Å². The predicted octanol–water partition coefficient (Wildman–Crippen LogP) is 1.03. The van der Waals surface area contributed by atoms with E-state index in [4.69, 9.17) is 4.74 Å². The minimum Gasteiger partial charge on any atom is -0.459 e. The summed E-state index contributed by atoms with van der Waals surface area (Å²) in [6, 6.07) is 0. The van der Waals surface area contributed by atoms with E-state index in [1.54, 1.807) is 33.2 Å². The second-order valence-corrected chi connectivity index (χ2v) is 9.21. The Kier molecular flexibility index (Phi) is 5.82. The molecule has 134 valence electrons. The topological polar surface area (TPSA) is 92.7 Å². The maximum absolute atomic E-state index is 12.3. The molecule has 10 heteroatoms. The van der Waals surface area contributed by atoms with Crippen molar-refractivity contribution in [3.05, 3.63) is 17.0 Å². The van der Waals surface area contributed by atoms with Crippen molar-refractivity contribution < 1.29 is 17.9 Å². The van der Waals surface area contributed by atoms with Gasteiger partial charge >= 0.3 is 5.97 Å². The monoisotopic (exact) mass is 420 g/mol. The van der Waals surface area contributed by atoms with Gasteiger partial charge in [0.1, 0.15) is 16.0 Å². The van der Waals surface area contributed by atoms with E-state index in [0.29, 0.717) is 36.6 Å². The molecular formula is C14H21BrN4O4S. The second-order valence-electron chi connectivity index (χ2n) is 6.43. The summed E-state index contributed by atoms with van der Waals surface area (Å²) in [4.78, 5) is 22.1. The van der Waals surface area contributed by atoms with Crippen molar-refractivity contribution in [2.24, 2.45) is 0 Å². The highest BCUT2D eigenvalue weighted by atomic mass is 79.9. The fourth-order valence-electron chi connectivity index (χ4n) is 2.28. The number of hydrogen-bond donors (Lipinski definition) is 0. The zero-order valence-corrected chi connectivity index (χ0v) is 16.3. The third-order valence-electron chi connectivity index (χ3n) is 3.28. The molecule has 0 aliphatic carbocycles. The van der Waals surface area contributed by atoms with Gasteiger partial charge in [-0.2, -0.15) is 4.31 Å². The number of carbonyl (C=O) groups is 1. The van der Waals surface area contributed by atoms with Crippen LogP contribution in [0, 0.1) is 0 Å². The first kappa shape index (κ1) is 19.1. The van der Waals surface area contributed by atoms with E-state index in [2.05, 4.69) is 25.9 Å². The summed E-state index contributed by atoms with van der Waals surface area (Å²) in [6.45, 7) is 6.68. The van der Waals surface area contributed by atoms with Crippen LogP contribution in [0.25, 0.3) is 0 Å². The highest BCUT2D eigenvalue weighted by molar-refractivity contribution is 9.10. The second kappa shape index (κ2) is 7.32. The zero-order valence-electron chi connectivity index (χ0n) is 13.9. The number of hydrogen-bond acceptors (Lipinski definition) is 7. The third-order valence-corrected chi connectivity index (χ3v) is 5.44. The Morgan fingerprint density at radius 1 is 1.21 bits per heavy atom. The van der Waals surface area contributed by atoms with Crippen LogP contribution in [0.4, 0.5) is 5.82 Å². The number of halogens is 1. The predicted molar refractivity (Wildman–Crippen MR) is 93.1 cm³/mol. The van der Waals surface area contributed by atoms with E-state index in [1.165, 1.54) is 4.31 Å². The van der Waals surface area contributed by atoms with Crippen molar-refractivity contribution in [3.63, 3.8) is 0 Å². The van der Waals surface area contributed by atoms with Crippen LogP contribution in [0.1, 0.15) is 20.8 Å². The highest BCUT2D eigenvalue weighted by Crippen LogP contribution is 2.16. The quantitative estimate of drug-likeness (QED) is 0.671. The number of esters is 1. The van der Waals surface area contributed by atoms with Gasteiger partial charge < -0.3 is 9.64 Å². The minimum atomic E-state index is -3.68. The Bertz CT molecular complexity index is 680. The van der Waals surface area contributed by atoms with E-state index in [9.17, 15) is 13.2 Å². The van der Waals surface area contributed by atoms with E-state index < -0.39 is 27.3 Å². The Morgan fingerprint density at radius 2 is 1.83 bits per heavy atom. The molecule has 1 aliphatic rings. The molecule has 8 nitrogen and oxygen atoms in total. The fourth-order valence-corrected chi connectivity index (χ4v) is 3.74. The van der Waals surface area contributed by atoms with Crippen molar-refractivity contribution in [3.8, 4) is 0 Å². The van der Waals surface area contributed by atoms with Gasteiger partial charge in [0.2, 0.25) is 10.0 Å². The van der Waals surface area contributed by atoms with Crippen LogP contribution in [0.15, 0.2) is 17.0 Å². The van der Waals surface area contributed by atoms with E-state index >= 15 is 0 Å². The number of aromatic nitrogens is 2. The van der Waals surface area contributed by atoms with Crippen LogP contribution in [-0.4, -0.2) is 66.2 Å². The van der Waals surface area contributed by atoms with Gasteiger partial charge in [-0.3, -0.25) is 4.79 Å². The first-order chi connectivity index (χ1) is 11.1. The van der Waals surface area contributed by atoms with Crippen molar-refractivity contribution in [2.75, 3.05) is 36.8 Å². The average molecular weight is 421 g/mol. The molecule has 0 spiro atoms. The Balaban J connectivity index is 1.93. The number of piperazine rings is 1. The summed E-state index contributed by atoms with van der Waals surface area (Å²) in [6.07, 6.45) is 3.23. The molecule has 0 aromatic carbocycles.